The second-order valence-electron chi connectivity index (χ2n) is 5.59. The Balaban J connectivity index is 1.69. The summed E-state index contributed by atoms with van der Waals surface area (Å²) in [6, 6.07) is 13.0. The molecule has 7 heteroatoms. The quantitative estimate of drug-likeness (QED) is 0.700. The highest BCUT2D eigenvalue weighted by Gasteiger charge is 2.10. The first kappa shape index (κ1) is 17.9. The molecule has 1 heterocycles. The summed E-state index contributed by atoms with van der Waals surface area (Å²) in [5, 5.41) is 2.98. The fourth-order valence-electron chi connectivity index (χ4n) is 2.27. The summed E-state index contributed by atoms with van der Waals surface area (Å²) in [6.07, 6.45) is 2.98. The van der Waals surface area contributed by atoms with Gasteiger partial charge in [0.2, 0.25) is 5.91 Å². The van der Waals surface area contributed by atoms with Crippen LogP contribution in [0.4, 0.5) is 10.1 Å². The molecule has 0 aliphatic carbocycles. The van der Waals surface area contributed by atoms with Crippen LogP contribution in [0.2, 0.25) is 0 Å². The van der Waals surface area contributed by atoms with Gasteiger partial charge in [-0.25, -0.2) is 9.37 Å². The fraction of sp³-hybridized carbons (Fsp3) is 0.105. The number of nitrogens with one attached hydrogen (secondary N) is 1. The molecule has 26 heavy (non-hydrogen) atoms. The molecule has 0 aliphatic rings. The maximum atomic E-state index is 13.0. The van der Waals surface area contributed by atoms with E-state index in [1.54, 1.807) is 0 Å². The van der Waals surface area contributed by atoms with Crippen LogP contribution >= 0.6 is 11.8 Å². The lowest BCUT2D eigenvalue weighted by molar-refractivity contribution is -0.113. The first-order chi connectivity index (χ1) is 12.5. The lowest BCUT2D eigenvalue weighted by atomic mass is 10.2. The predicted octanol–water partition coefficient (Wildman–Crippen LogP) is 3.41. The van der Waals surface area contributed by atoms with Crippen molar-refractivity contribution in [2.45, 2.75) is 11.9 Å². The Morgan fingerprint density at radius 2 is 1.85 bits per heavy atom. The molecule has 1 N–H and O–H groups in total. The number of carbonyl (C=O) groups excluding carboxylic acids is 1. The minimum Gasteiger partial charge on any atom is -0.325 e. The Hall–Kier alpha value is -2.93. The zero-order valence-corrected chi connectivity index (χ0v) is 14.8. The summed E-state index contributed by atoms with van der Waals surface area (Å²) in [4.78, 5) is 28.6. The molecule has 2 aromatic carbocycles. The molecule has 0 saturated heterocycles. The van der Waals surface area contributed by atoms with E-state index in [0.29, 0.717) is 11.4 Å². The van der Waals surface area contributed by atoms with Gasteiger partial charge in [0.05, 0.1) is 5.75 Å². The molecule has 0 fully saturated rings. The number of amides is 1. The molecular weight excluding hydrogens is 353 g/mol. The number of halogens is 1. The van der Waals surface area contributed by atoms with Crippen molar-refractivity contribution in [3.8, 4) is 5.69 Å². The Kier molecular flexibility index (Phi) is 5.48. The number of rotatable bonds is 5. The van der Waals surface area contributed by atoms with Crippen LogP contribution in [0, 0.1) is 12.7 Å². The smallest absolute Gasteiger partial charge is 0.287 e. The number of carbonyl (C=O) groups is 1. The minimum atomic E-state index is -0.377. The molecule has 0 radical (unpaired) electrons. The number of hydrogen-bond donors (Lipinski definition) is 1. The first-order valence-electron chi connectivity index (χ1n) is 7.86. The van der Waals surface area contributed by atoms with E-state index in [1.165, 1.54) is 41.2 Å². The molecule has 0 bridgehead atoms. The zero-order chi connectivity index (χ0) is 18.5. The second-order valence-corrected chi connectivity index (χ2v) is 6.55. The molecular formula is C19H16FN3O2S. The Morgan fingerprint density at radius 3 is 2.54 bits per heavy atom. The maximum absolute atomic E-state index is 13.0. The number of hydrogen-bond acceptors (Lipinski definition) is 4. The van der Waals surface area contributed by atoms with Gasteiger partial charge in [-0.15, -0.1) is 0 Å². The average Bonchev–Trinajstić information content (AvgIpc) is 2.64. The van der Waals surface area contributed by atoms with Gasteiger partial charge in [0.15, 0.2) is 5.03 Å². The lowest BCUT2D eigenvalue weighted by Gasteiger charge is -2.08. The third kappa shape index (κ3) is 4.37. The van der Waals surface area contributed by atoms with Crippen molar-refractivity contribution < 1.29 is 9.18 Å². The van der Waals surface area contributed by atoms with Crippen LogP contribution in [0.25, 0.3) is 5.69 Å². The van der Waals surface area contributed by atoms with E-state index in [4.69, 9.17) is 0 Å². The summed E-state index contributed by atoms with van der Waals surface area (Å²) in [6.45, 7) is 1.97. The Bertz CT molecular complexity index is 969. The molecule has 0 atom stereocenters. The molecule has 0 aliphatic heterocycles. The third-order valence-corrected chi connectivity index (χ3v) is 4.55. The van der Waals surface area contributed by atoms with Crippen LogP contribution in [-0.2, 0) is 4.79 Å². The third-order valence-electron chi connectivity index (χ3n) is 3.59. The molecule has 0 saturated carbocycles. The lowest BCUT2D eigenvalue weighted by Crippen LogP contribution is -2.22. The van der Waals surface area contributed by atoms with Gasteiger partial charge in [-0.05, 0) is 43.3 Å². The van der Waals surface area contributed by atoms with Gasteiger partial charge in [-0.1, -0.05) is 29.5 Å². The van der Waals surface area contributed by atoms with Gasteiger partial charge in [-0.3, -0.25) is 14.2 Å². The van der Waals surface area contributed by atoms with Crippen molar-refractivity contribution in [1.82, 2.24) is 9.55 Å². The number of aryl methyl sites for hydroxylation is 1. The Labute approximate surface area is 153 Å². The Morgan fingerprint density at radius 1 is 1.15 bits per heavy atom. The predicted molar refractivity (Wildman–Crippen MR) is 100 cm³/mol. The first-order valence-corrected chi connectivity index (χ1v) is 8.84. The summed E-state index contributed by atoms with van der Waals surface area (Å²) in [5.74, 6) is -0.542. The molecule has 132 valence electrons. The van der Waals surface area contributed by atoms with Crippen LogP contribution < -0.4 is 10.9 Å². The van der Waals surface area contributed by atoms with Crippen LogP contribution in [0.3, 0.4) is 0 Å². The SMILES string of the molecule is Cc1ccc(NC(=O)CSc2nccn(-c3ccc(F)cc3)c2=O)cc1. The minimum absolute atomic E-state index is 0.0591. The number of thioether (sulfide) groups is 1. The van der Waals surface area contributed by atoms with Gasteiger partial charge in [0.1, 0.15) is 5.82 Å². The van der Waals surface area contributed by atoms with Crippen molar-refractivity contribution in [3.05, 3.63) is 82.7 Å². The van der Waals surface area contributed by atoms with Gasteiger partial charge in [0.25, 0.3) is 5.56 Å². The molecule has 5 nitrogen and oxygen atoms in total. The van der Waals surface area contributed by atoms with Gasteiger partial charge >= 0.3 is 0 Å². The van der Waals surface area contributed by atoms with Crippen molar-refractivity contribution in [2.24, 2.45) is 0 Å². The van der Waals surface area contributed by atoms with Crippen molar-refractivity contribution in [3.63, 3.8) is 0 Å². The number of aromatic nitrogens is 2. The second kappa shape index (κ2) is 7.97. The molecule has 3 rings (SSSR count). The van der Waals surface area contributed by atoms with E-state index in [0.717, 1.165) is 17.3 Å². The van der Waals surface area contributed by atoms with E-state index in [9.17, 15) is 14.0 Å². The van der Waals surface area contributed by atoms with Gasteiger partial charge in [0, 0.05) is 23.8 Å². The molecule has 0 spiro atoms. The van der Waals surface area contributed by atoms with E-state index in [-0.39, 0.29) is 28.1 Å². The number of anilines is 1. The number of nitrogens with zero attached hydrogens (tertiary/aromatic N) is 2. The summed E-state index contributed by atoms with van der Waals surface area (Å²) in [7, 11) is 0. The highest BCUT2D eigenvalue weighted by Crippen LogP contribution is 2.14. The molecule has 0 unspecified atom stereocenters. The highest BCUT2D eigenvalue weighted by molar-refractivity contribution is 7.99. The monoisotopic (exact) mass is 369 g/mol. The maximum Gasteiger partial charge on any atom is 0.287 e. The summed E-state index contributed by atoms with van der Waals surface area (Å²) < 4.78 is 14.4. The average molecular weight is 369 g/mol. The van der Waals surface area contributed by atoms with Crippen LogP contribution in [0.15, 0.2) is 70.7 Å². The molecule has 1 aromatic heterocycles. The van der Waals surface area contributed by atoms with E-state index in [2.05, 4.69) is 10.3 Å². The number of benzene rings is 2. The fourth-order valence-corrected chi connectivity index (χ4v) is 2.96. The summed E-state index contributed by atoms with van der Waals surface area (Å²) >= 11 is 1.06. The normalized spacial score (nSPS) is 10.5. The largest absolute Gasteiger partial charge is 0.325 e. The van der Waals surface area contributed by atoms with Crippen molar-refractivity contribution >= 4 is 23.4 Å². The molecule has 3 aromatic rings. The highest BCUT2D eigenvalue weighted by atomic mass is 32.2. The van der Waals surface area contributed by atoms with E-state index in [1.807, 2.05) is 31.2 Å². The van der Waals surface area contributed by atoms with Crippen LogP contribution in [0.1, 0.15) is 5.56 Å². The van der Waals surface area contributed by atoms with Crippen molar-refractivity contribution in [1.29, 1.82) is 0 Å². The molecule has 1 amide bonds. The van der Waals surface area contributed by atoms with Gasteiger partial charge in [-0.2, -0.15) is 0 Å². The summed E-state index contributed by atoms with van der Waals surface area (Å²) in [5.41, 5.74) is 1.98. The van der Waals surface area contributed by atoms with E-state index >= 15 is 0 Å². The van der Waals surface area contributed by atoms with Crippen LogP contribution in [0.5, 0.6) is 0 Å². The zero-order valence-electron chi connectivity index (χ0n) is 14.0. The van der Waals surface area contributed by atoms with E-state index < -0.39 is 0 Å². The topological polar surface area (TPSA) is 64.0 Å². The van der Waals surface area contributed by atoms with Crippen LogP contribution in [-0.4, -0.2) is 21.2 Å². The standard InChI is InChI=1S/C19H16FN3O2S/c1-13-2-6-15(7-3-13)22-17(24)12-26-18-19(25)23(11-10-21-18)16-8-4-14(20)5-9-16/h2-11H,12H2,1H3,(H,22,24). The van der Waals surface area contributed by atoms with Crippen molar-refractivity contribution in [2.75, 3.05) is 11.1 Å². The van der Waals surface area contributed by atoms with Gasteiger partial charge < -0.3 is 5.32 Å².